The molecule has 35 heavy (non-hydrogen) atoms. The lowest BCUT2D eigenvalue weighted by Gasteiger charge is -2.31. The van der Waals surface area contributed by atoms with Gasteiger partial charge in [-0.05, 0) is 56.7 Å². The predicted octanol–water partition coefficient (Wildman–Crippen LogP) is 4.49. The Morgan fingerprint density at radius 2 is 1.94 bits per heavy atom. The summed E-state index contributed by atoms with van der Waals surface area (Å²) in [5, 5.41) is 20.9. The smallest absolute Gasteiger partial charge is 0.126 e. The summed E-state index contributed by atoms with van der Waals surface area (Å²) in [5.41, 5.74) is 2.13. The van der Waals surface area contributed by atoms with Crippen LogP contribution in [0.5, 0.6) is 0 Å². The Morgan fingerprint density at radius 1 is 1.17 bits per heavy atom. The Morgan fingerprint density at radius 3 is 2.69 bits per heavy atom. The Kier molecular flexibility index (Phi) is 9.16. The molecule has 188 valence electrons. The fourth-order valence-electron chi connectivity index (χ4n) is 4.78. The number of pyridine rings is 2. The minimum Gasteiger partial charge on any atom is -0.383 e. The maximum absolute atomic E-state index is 9.72. The second kappa shape index (κ2) is 12.5. The SMILES string of the molecule is COCCNC1CCC(Nc2cc(-c3cc(NCC4(C#N)CCOCC4)ccn3)c(Cl)cn2)CC1. The van der Waals surface area contributed by atoms with Gasteiger partial charge in [0.1, 0.15) is 5.82 Å². The summed E-state index contributed by atoms with van der Waals surface area (Å²) < 4.78 is 10.6. The van der Waals surface area contributed by atoms with Crippen molar-refractivity contribution in [3.8, 4) is 17.3 Å². The van der Waals surface area contributed by atoms with Gasteiger partial charge >= 0.3 is 0 Å². The van der Waals surface area contributed by atoms with Crippen molar-refractivity contribution in [1.82, 2.24) is 15.3 Å². The average molecular weight is 499 g/mol. The van der Waals surface area contributed by atoms with E-state index < -0.39 is 5.41 Å². The van der Waals surface area contributed by atoms with E-state index in [0.29, 0.717) is 36.9 Å². The van der Waals surface area contributed by atoms with Gasteiger partial charge in [0.2, 0.25) is 0 Å². The van der Waals surface area contributed by atoms with Crippen LogP contribution in [-0.2, 0) is 9.47 Å². The summed E-state index contributed by atoms with van der Waals surface area (Å²) in [4.78, 5) is 9.06. The normalized spacial score (nSPS) is 21.7. The summed E-state index contributed by atoms with van der Waals surface area (Å²) in [7, 11) is 1.73. The molecular weight excluding hydrogens is 464 g/mol. The maximum atomic E-state index is 9.72. The first kappa shape index (κ1) is 25.6. The van der Waals surface area contributed by atoms with Gasteiger partial charge in [-0.1, -0.05) is 11.6 Å². The molecule has 1 aliphatic heterocycles. The molecule has 2 aliphatic rings. The topological polar surface area (TPSA) is 104 Å². The molecule has 2 aromatic heterocycles. The molecule has 0 aromatic carbocycles. The molecule has 1 saturated heterocycles. The van der Waals surface area contributed by atoms with Crippen LogP contribution in [0.1, 0.15) is 38.5 Å². The molecule has 8 nitrogen and oxygen atoms in total. The van der Waals surface area contributed by atoms with Crippen molar-refractivity contribution >= 4 is 23.1 Å². The number of ether oxygens (including phenoxy) is 2. The van der Waals surface area contributed by atoms with E-state index >= 15 is 0 Å². The first-order chi connectivity index (χ1) is 17.1. The molecule has 2 fully saturated rings. The monoisotopic (exact) mass is 498 g/mol. The van der Waals surface area contributed by atoms with Crippen LogP contribution in [0.4, 0.5) is 11.5 Å². The molecule has 1 aliphatic carbocycles. The van der Waals surface area contributed by atoms with E-state index in [9.17, 15) is 5.26 Å². The molecule has 0 atom stereocenters. The summed E-state index contributed by atoms with van der Waals surface area (Å²) in [6.45, 7) is 3.48. The maximum Gasteiger partial charge on any atom is 0.126 e. The number of aromatic nitrogens is 2. The standard InChI is InChI=1S/C26H35ClN6O2/c1-34-13-10-29-19-2-4-20(5-3-19)33-25-15-22(23(27)16-31-25)24-14-21(6-9-30-24)32-18-26(17-28)7-11-35-12-8-26/h6,9,14-16,19-20,29H,2-5,7-8,10-13,18H2,1H3,(H,30,32)(H,31,33). The van der Waals surface area contributed by atoms with Gasteiger partial charge in [-0.25, -0.2) is 4.98 Å². The summed E-state index contributed by atoms with van der Waals surface area (Å²) in [6.07, 6.45) is 9.38. The van der Waals surface area contributed by atoms with Crippen LogP contribution in [0.3, 0.4) is 0 Å². The quantitative estimate of drug-likeness (QED) is 0.412. The highest BCUT2D eigenvalue weighted by Crippen LogP contribution is 2.32. The zero-order chi connectivity index (χ0) is 24.5. The highest BCUT2D eigenvalue weighted by atomic mass is 35.5. The molecule has 0 unspecified atom stereocenters. The van der Waals surface area contributed by atoms with Crippen LogP contribution in [0.25, 0.3) is 11.3 Å². The zero-order valence-corrected chi connectivity index (χ0v) is 21.1. The van der Waals surface area contributed by atoms with E-state index in [4.69, 9.17) is 21.1 Å². The van der Waals surface area contributed by atoms with Gasteiger partial charge in [0.25, 0.3) is 0 Å². The third-order valence-electron chi connectivity index (χ3n) is 7.03. The van der Waals surface area contributed by atoms with E-state index in [0.717, 1.165) is 74.4 Å². The first-order valence-electron chi connectivity index (χ1n) is 12.4. The minimum absolute atomic E-state index is 0.389. The van der Waals surface area contributed by atoms with Gasteiger partial charge in [0.15, 0.2) is 0 Å². The van der Waals surface area contributed by atoms with Crippen molar-refractivity contribution in [3.63, 3.8) is 0 Å². The molecule has 2 aromatic rings. The molecule has 9 heteroatoms. The molecule has 0 amide bonds. The van der Waals surface area contributed by atoms with E-state index in [1.165, 1.54) is 0 Å². The Bertz CT molecular complexity index is 1000. The lowest BCUT2D eigenvalue weighted by molar-refractivity contribution is 0.0456. The minimum atomic E-state index is -0.397. The van der Waals surface area contributed by atoms with Crippen molar-refractivity contribution in [2.24, 2.45) is 5.41 Å². The van der Waals surface area contributed by atoms with Crippen molar-refractivity contribution in [2.45, 2.75) is 50.6 Å². The van der Waals surface area contributed by atoms with E-state index in [2.05, 4.69) is 32.0 Å². The van der Waals surface area contributed by atoms with Gasteiger partial charge in [0, 0.05) is 69.1 Å². The van der Waals surface area contributed by atoms with E-state index in [1.807, 2.05) is 18.2 Å². The number of methoxy groups -OCH3 is 1. The Labute approximate surface area is 212 Å². The molecule has 0 radical (unpaired) electrons. The molecule has 3 heterocycles. The van der Waals surface area contributed by atoms with Crippen LogP contribution >= 0.6 is 11.6 Å². The summed E-state index contributed by atoms with van der Waals surface area (Å²) in [6, 6.07) is 9.32. The van der Waals surface area contributed by atoms with Crippen molar-refractivity contribution in [1.29, 1.82) is 5.26 Å². The number of nitrogens with zero attached hydrogens (tertiary/aromatic N) is 3. The van der Waals surface area contributed by atoms with Gasteiger partial charge in [-0.2, -0.15) is 5.26 Å². The molecule has 1 saturated carbocycles. The van der Waals surface area contributed by atoms with Crippen LogP contribution < -0.4 is 16.0 Å². The van der Waals surface area contributed by atoms with Crippen molar-refractivity contribution < 1.29 is 9.47 Å². The number of anilines is 2. The highest BCUT2D eigenvalue weighted by molar-refractivity contribution is 6.33. The lowest BCUT2D eigenvalue weighted by Crippen LogP contribution is -2.38. The molecule has 0 bridgehead atoms. The zero-order valence-electron chi connectivity index (χ0n) is 20.4. The van der Waals surface area contributed by atoms with Crippen LogP contribution in [0, 0.1) is 16.7 Å². The number of hydrogen-bond donors (Lipinski definition) is 3. The largest absolute Gasteiger partial charge is 0.383 e. The summed E-state index contributed by atoms with van der Waals surface area (Å²) in [5.74, 6) is 0.811. The fraction of sp³-hybridized carbons (Fsp3) is 0.577. The van der Waals surface area contributed by atoms with Gasteiger partial charge in [-0.15, -0.1) is 0 Å². The third kappa shape index (κ3) is 7.05. The van der Waals surface area contributed by atoms with Crippen molar-refractivity contribution in [2.75, 3.05) is 50.7 Å². The number of nitriles is 1. The second-order valence-corrected chi connectivity index (χ2v) is 9.88. The summed E-state index contributed by atoms with van der Waals surface area (Å²) >= 11 is 6.52. The van der Waals surface area contributed by atoms with Gasteiger partial charge in [0.05, 0.1) is 28.8 Å². The third-order valence-corrected chi connectivity index (χ3v) is 7.33. The average Bonchev–Trinajstić information content (AvgIpc) is 2.90. The van der Waals surface area contributed by atoms with Crippen LogP contribution in [0.2, 0.25) is 5.02 Å². The van der Waals surface area contributed by atoms with E-state index in [-0.39, 0.29) is 0 Å². The number of hydrogen-bond acceptors (Lipinski definition) is 8. The van der Waals surface area contributed by atoms with E-state index in [1.54, 1.807) is 19.5 Å². The number of halogens is 1. The Balaban J connectivity index is 1.38. The fourth-order valence-corrected chi connectivity index (χ4v) is 4.98. The number of nitrogens with one attached hydrogen (secondary N) is 3. The second-order valence-electron chi connectivity index (χ2n) is 9.48. The highest BCUT2D eigenvalue weighted by Gasteiger charge is 2.32. The molecule has 4 rings (SSSR count). The molecule has 0 spiro atoms. The first-order valence-corrected chi connectivity index (χ1v) is 12.8. The van der Waals surface area contributed by atoms with Gasteiger partial charge < -0.3 is 25.4 Å². The van der Waals surface area contributed by atoms with Crippen LogP contribution in [0.15, 0.2) is 30.6 Å². The lowest BCUT2D eigenvalue weighted by atomic mass is 9.81. The molecular formula is C26H35ClN6O2. The number of rotatable bonds is 10. The Hall–Kier alpha value is -2.44. The van der Waals surface area contributed by atoms with Crippen LogP contribution in [-0.4, -0.2) is 62.1 Å². The predicted molar refractivity (Wildman–Crippen MR) is 139 cm³/mol. The van der Waals surface area contributed by atoms with Gasteiger partial charge in [-0.3, -0.25) is 4.98 Å². The van der Waals surface area contributed by atoms with Crippen molar-refractivity contribution in [3.05, 3.63) is 35.6 Å². The molecule has 3 N–H and O–H groups in total.